The highest BCUT2D eigenvalue weighted by molar-refractivity contribution is 5.71. The van der Waals surface area contributed by atoms with E-state index in [1.807, 2.05) is 19.9 Å². The number of aromatic nitrogens is 1. The highest BCUT2D eigenvalue weighted by Crippen LogP contribution is 2.09. The zero-order valence-corrected chi connectivity index (χ0v) is 12.7. The maximum absolute atomic E-state index is 11.3. The predicted molar refractivity (Wildman–Crippen MR) is 77.5 cm³/mol. The third-order valence-electron chi connectivity index (χ3n) is 2.55. The summed E-state index contributed by atoms with van der Waals surface area (Å²) in [6.45, 7) is 9.40. The van der Waals surface area contributed by atoms with E-state index >= 15 is 0 Å². The van der Waals surface area contributed by atoms with Gasteiger partial charge in [0.25, 0.3) is 0 Å². The van der Waals surface area contributed by atoms with Gasteiger partial charge in [0.2, 0.25) is 5.88 Å². The summed E-state index contributed by atoms with van der Waals surface area (Å²) in [7, 11) is 0. The lowest BCUT2D eigenvalue weighted by atomic mass is 10.2. The zero-order chi connectivity index (χ0) is 15.0. The number of nitrogens with zero attached hydrogens (tertiary/aromatic N) is 1. The van der Waals surface area contributed by atoms with E-state index in [-0.39, 0.29) is 18.5 Å². The molecule has 0 aromatic carbocycles. The molecular formula is C15H24N2O3. The fourth-order valence-electron chi connectivity index (χ4n) is 1.41. The molecule has 0 atom stereocenters. The normalized spacial score (nSPS) is 10.9. The van der Waals surface area contributed by atoms with Crippen molar-refractivity contribution in [3.8, 4) is 5.88 Å². The molecule has 0 aliphatic carbocycles. The average molecular weight is 280 g/mol. The second-order valence-corrected chi connectivity index (χ2v) is 5.22. The van der Waals surface area contributed by atoms with E-state index in [4.69, 9.17) is 9.47 Å². The summed E-state index contributed by atoms with van der Waals surface area (Å²) in [5.74, 6) is 0.263. The van der Waals surface area contributed by atoms with E-state index in [9.17, 15) is 4.79 Å². The molecule has 1 N–H and O–H groups in total. The molecule has 5 nitrogen and oxygen atoms in total. The molecule has 0 unspecified atom stereocenters. The second kappa shape index (κ2) is 8.53. The van der Waals surface area contributed by atoms with Gasteiger partial charge < -0.3 is 14.8 Å². The molecule has 5 heteroatoms. The van der Waals surface area contributed by atoms with Crippen LogP contribution in [0.2, 0.25) is 0 Å². The van der Waals surface area contributed by atoms with Crippen molar-refractivity contribution in [2.45, 2.75) is 40.3 Å². The van der Waals surface area contributed by atoms with Gasteiger partial charge in [-0.05, 0) is 6.07 Å². The summed E-state index contributed by atoms with van der Waals surface area (Å²) in [6, 6.07) is 4.09. The largest absolute Gasteiger partial charge is 0.476 e. The van der Waals surface area contributed by atoms with Gasteiger partial charge in [-0.2, -0.15) is 0 Å². The van der Waals surface area contributed by atoms with Crippen molar-refractivity contribution >= 4 is 5.97 Å². The van der Waals surface area contributed by atoms with E-state index in [1.54, 1.807) is 12.3 Å². The summed E-state index contributed by atoms with van der Waals surface area (Å²) < 4.78 is 10.6. The third-order valence-corrected chi connectivity index (χ3v) is 2.55. The first kappa shape index (κ1) is 16.4. The lowest BCUT2D eigenvalue weighted by molar-refractivity contribution is -0.148. The van der Waals surface area contributed by atoms with Gasteiger partial charge in [-0.3, -0.25) is 4.79 Å². The number of hydrogen-bond donors (Lipinski definition) is 1. The van der Waals surface area contributed by atoms with E-state index in [2.05, 4.69) is 24.1 Å². The van der Waals surface area contributed by atoms with Crippen molar-refractivity contribution in [1.82, 2.24) is 10.3 Å². The molecule has 0 radical (unpaired) electrons. The molecule has 112 valence electrons. The molecule has 0 fully saturated rings. The molecule has 0 bridgehead atoms. The lowest BCUT2D eigenvalue weighted by Crippen LogP contribution is -2.27. The Balaban J connectivity index is 2.31. The van der Waals surface area contributed by atoms with E-state index in [0.717, 1.165) is 12.1 Å². The third kappa shape index (κ3) is 6.52. The molecule has 1 heterocycles. The molecule has 0 saturated heterocycles. The fraction of sp³-hybridized carbons (Fsp3) is 0.600. The number of rotatable bonds is 8. The second-order valence-electron chi connectivity index (χ2n) is 5.22. The van der Waals surface area contributed by atoms with E-state index in [1.165, 1.54) is 0 Å². The number of carbonyl (C=O) groups excluding carboxylic acids is 1. The minimum atomic E-state index is -0.204. The standard InChI is InChI=1S/C15H24N2O3/c1-11(2)15(18)20-10-13-5-6-14(17-9-13)19-8-7-16-12(3)4/h5-6,9,11-12,16H,7-8,10H2,1-4H3. The van der Waals surface area contributed by atoms with Crippen LogP contribution < -0.4 is 10.1 Å². The van der Waals surface area contributed by atoms with Crippen LogP contribution in [0.5, 0.6) is 5.88 Å². The number of carbonyl (C=O) groups is 1. The number of hydrogen-bond acceptors (Lipinski definition) is 5. The van der Waals surface area contributed by atoms with Crippen molar-refractivity contribution in [1.29, 1.82) is 0 Å². The highest BCUT2D eigenvalue weighted by atomic mass is 16.5. The molecule has 0 aliphatic heterocycles. The molecule has 0 saturated carbocycles. The van der Waals surface area contributed by atoms with Crippen LogP contribution in [0.25, 0.3) is 0 Å². The summed E-state index contributed by atoms with van der Waals surface area (Å²) in [5, 5.41) is 3.26. The maximum Gasteiger partial charge on any atom is 0.308 e. The molecule has 1 aromatic rings. The molecule has 0 aliphatic rings. The monoisotopic (exact) mass is 280 g/mol. The lowest BCUT2D eigenvalue weighted by Gasteiger charge is -2.10. The predicted octanol–water partition coefficient (Wildman–Crippen LogP) is 2.16. The molecule has 20 heavy (non-hydrogen) atoms. The van der Waals surface area contributed by atoms with E-state index in [0.29, 0.717) is 18.5 Å². The Hall–Kier alpha value is -1.62. The van der Waals surface area contributed by atoms with Crippen LogP contribution in [0.4, 0.5) is 0 Å². The maximum atomic E-state index is 11.3. The van der Waals surface area contributed by atoms with Gasteiger partial charge in [0.05, 0.1) is 5.92 Å². The fourth-order valence-corrected chi connectivity index (χ4v) is 1.41. The summed E-state index contributed by atoms with van der Waals surface area (Å²) in [5.41, 5.74) is 0.853. The Bertz CT molecular complexity index is 402. The van der Waals surface area contributed by atoms with Crippen LogP contribution in [0.15, 0.2) is 18.3 Å². The molecule has 0 spiro atoms. The number of nitrogens with one attached hydrogen (secondary N) is 1. The number of pyridine rings is 1. The van der Waals surface area contributed by atoms with Gasteiger partial charge in [0.1, 0.15) is 13.2 Å². The first-order valence-electron chi connectivity index (χ1n) is 6.96. The molecular weight excluding hydrogens is 256 g/mol. The molecule has 1 rings (SSSR count). The van der Waals surface area contributed by atoms with Gasteiger partial charge >= 0.3 is 5.97 Å². The smallest absolute Gasteiger partial charge is 0.308 e. The van der Waals surface area contributed by atoms with Crippen molar-refractivity contribution in [3.63, 3.8) is 0 Å². The van der Waals surface area contributed by atoms with Crippen LogP contribution in [0, 0.1) is 5.92 Å². The molecule has 1 aromatic heterocycles. The quantitative estimate of drug-likeness (QED) is 0.584. The van der Waals surface area contributed by atoms with Crippen molar-refractivity contribution < 1.29 is 14.3 Å². The Morgan fingerprint density at radius 3 is 2.60 bits per heavy atom. The first-order valence-corrected chi connectivity index (χ1v) is 6.96. The summed E-state index contributed by atoms with van der Waals surface area (Å²) >= 11 is 0. The van der Waals surface area contributed by atoms with Crippen LogP contribution in [-0.2, 0) is 16.1 Å². The molecule has 0 amide bonds. The first-order chi connectivity index (χ1) is 9.49. The van der Waals surface area contributed by atoms with Gasteiger partial charge in [-0.1, -0.05) is 27.7 Å². The van der Waals surface area contributed by atoms with Crippen LogP contribution in [0.3, 0.4) is 0 Å². The van der Waals surface area contributed by atoms with Crippen LogP contribution in [0.1, 0.15) is 33.3 Å². The minimum absolute atomic E-state index is 0.112. The van der Waals surface area contributed by atoms with Crippen LogP contribution in [-0.4, -0.2) is 30.1 Å². The highest BCUT2D eigenvalue weighted by Gasteiger charge is 2.08. The summed E-state index contributed by atoms with van der Waals surface area (Å²) in [6.07, 6.45) is 1.67. The number of esters is 1. The topological polar surface area (TPSA) is 60.5 Å². The van der Waals surface area contributed by atoms with Crippen molar-refractivity contribution in [2.24, 2.45) is 5.92 Å². The van der Waals surface area contributed by atoms with Gasteiger partial charge in [-0.25, -0.2) is 4.98 Å². The van der Waals surface area contributed by atoms with Crippen LogP contribution >= 0.6 is 0 Å². The minimum Gasteiger partial charge on any atom is -0.476 e. The zero-order valence-electron chi connectivity index (χ0n) is 12.7. The SMILES string of the molecule is CC(C)NCCOc1ccc(COC(=O)C(C)C)cn1. The van der Waals surface area contributed by atoms with Crippen molar-refractivity contribution in [2.75, 3.05) is 13.2 Å². The van der Waals surface area contributed by atoms with Crippen molar-refractivity contribution in [3.05, 3.63) is 23.9 Å². The Kier molecular flexibility index (Phi) is 7.01. The van der Waals surface area contributed by atoms with Gasteiger partial charge in [0, 0.05) is 30.4 Å². The Labute approximate surface area is 120 Å². The average Bonchev–Trinajstić information content (AvgIpc) is 2.42. The number of ether oxygens (including phenoxy) is 2. The Morgan fingerprint density at radius 1 is 1.30 bits per heavy atom. The Morgan fingerprint density at radius 2 is 2.05 bits per heavy atom. The van der Waals surface area contributed by atoms with Gasteiger partial charge in [0.15, 0.2) is 0 Å². The van der Waals surface area contributed by atoms with E-state index < -0.39 is 0 Å². The summed E-state index contributed by atoms with van der Waals surface area (Å²) in [4.78, 5) is 15.5. The van der Waals surface area contributed by atoms with Gasteiger partial charge in [-0.15, -0.1) is 0 Å².